The molecule has 0 saturated heterocycles. The number of nitrogens with zero attached hydrogens (tertiary/aromatic N) is 1. The Morgan fingerprint density at radius 1 is 1.21 bits per heavy atom. The highest BCUT2D eigenvalue weighted by molar-refractivity contribution is 7.89. The molecule has 2 aromatic rings. The third-order valence-electron chi connectivity index (χ3n) is 3.24. The molecule has 2 rings (SSSR count). The number of benzene rings is 2. The van der Waals surface area contributed by atoms with Gasteiger partial charge in [0, 0.05) is 30.9 Å². The fourth-order valence-corrected chi connectivity index (χ4v) is 3.32. The molecule has 0 unspecified atom stereocenters. The van der Waals surface area contributed by atoms with Gasteiger partial charge in [0.15, 0.2) is 0 Å². The zero-order valence-corrected chi connectivity index (χ0v) is 14.6. The monoisotopic (exact) mass is 362 g/mol. The van der Waals surface area contributed by atoms with Gasteiger partial charge < -0.3 is 5.32 Å². The van der Waals surface area contributed by atoms with E-state index in [2.05, 4.69) is 11.2 Å². The normalized spacial score (nSPS) is 11.1. The highest BCUT2D eigenvalue weighted by Gasteiger charge is 2.22. The minimum absolute atomic E-state index is 0.0505. The standard InChI is InChI=1S/C17H15ClN2O3S/c1-4-12-6-5-7-14(10-12)19-17(21)13-8-9-15(18)16(11-13)24(22,23)20(2)3/h1,5-11H,2-3H3,(H,19,21). The van der Waals surface area contributed by atoms with E-state index in [9.17, 15) is 13.2 Å². The van der Waals surface area contributed by atoms with Crippen LogP contribution < -0.4 is 5.32 Å². The van der Waals surface area contributed by atoms with Gasteiger partial charge in [0.25, 0.3) is 5.91 Å². The second kappa shape index (κ2) is 7.05. The summed E-state index contributed by atoms with van der Waals surface area (Å²) in [5.41, 5.74) is 1.31. The summed E-state index contributed by atoms with van der Waals surface area (Å²) in [4.78, 5) is 12.2. The van der Waals surface area contributed by atoms with Gasteiger partial charge in [-0.05, 0) is 36.4 Å². The number of halogens is 1. The van der Waals surface area contributed by atoms with Gasteiger partial charge in [-0.25, -0.2) is 12.7 Å². The molecule has 0 aliphatic carbocycles. The minimum atomic E-state index is -3.75. The molecule has 124 valence electrons. The van der Waals surface area contributed by atoms with E-state index in [0.29, 0.717) is 11.3 Å². The minimum Gasteiger partial charge on any atom is -0.322 e. The highest BCUT2D eigenvalue weighted by atomic mass is 35.5. The van der Waals surface area contributed by atoms with Gasteiger partial charge in [-0.1, -0.05) is 23.6 Å². The van der Waals surface area contributed by atoms with Crippen LogP contribution in [-0.4, -0.2) is 32.7 Å². The van der Waals surface area contributed by atoms with Crippen molar-refractivity contribution in [2.75, 3.05) is 19.4 Å². The molecule has 0 saturated carbocycles. The third-order valence-corrected chi connectivity index (χ3v) is 5.54. The molecule has 0 bridgehead atoms. The van der Waals surface area contributed by atoms with E-state index in [4.69, 9.17) is 18.0 Å². The summed E-state index contributed by atoms with van der Waals surface area (Å²) in [5, 5.41) is 2.72. The van der Waals surface area contributed by atoms with Gasteiger partial charge in [0.2, 0.25) is 10.0 Å². The summed E-state index contributed by atoms with van der Waals surface area (Å²) in [6.45, 7) is 0. The Morgan fingerprint density at radius 2 is 1.92 bits per heavy atom. The Labute approximate surface area is 146 Å². The van der Waals surface area contributed by atoms with Crippen LogP contribution in [0.15, 0.2) is 47.4 Å². The van der Waals surface area contributed by atoms with Crippen LogP contribution >= 0.6 is 11.6 Å². The van der Waals surface area contributed by atoms with E-state index in [-0.39, 0.29) is 15.5 Å². The fourth-order valence-electron chi connectivity index (χ4n) is 1.93. The number of hydrogen-bond acceptors (Lipinski definition) is 3. The van der Waals surface area contributed by atoms with Crippen molar-refractivity contribution in [3.8, 4) is 12.3 Å². The summed E-state index contributed by atoms with van der Waals surface area (Å²) < 4.78 is 25.5. The summed E-state index contributed by atoms with van der Waals surface area (Å²) in [7, 11) is -0.967. The number of carbonyl (C=O) groups is 1. The Hall–Kier alpha value is -2.33. The maximum atomic E-state index is 12.4. The summed E-state index contributed by atoms with van der Waals surface area (Å²) in [6, 6.07) is 10.9. The number of anilines is 1. The van der Waals surface area contributed by atoms with Crippen molar-refractivity contribution < 1.29 is 13.2 Å². The molecule has 0 heterocycles. The first-order valence-electron chi connectivity index (χ1n) is 6.86. The molecule has 5 nitrogen and oxygen atoms in total. The molecular weight excluding hydrogens is 348 g/mol. The van der Waals surface area contributed by atoms with Gasteiger partial charge in [-0.2, -0.15) is 0 Å². The first-order chi connectivity index (χ1) is 11.3. The van der Waals surface area contributed by atoms with Crippen LogP contribution in [0.25, 0.3) is 0 Å². The van der Waals surface area contributed by atoms with Crippen molar-refractivity contribution in [2.45, 2.75) is 4.90 Å². The molecule has 0 spiro atoms. The Balaban J connectivity index is 2.36. The van der Waals surface area contributed by atoms with E-state index >= 15 is 0 Å². The van der Waals surface area contributed by atoms with Crippen LogP contribution in [0, 0.1) is 12.3 Å². The van der Waals surface area contributed by atoms with Crippen LogP contribution in [0.2, 0.25) is 5.02 Å². The molecular formula is C17H15ClN2O3S. The molecule has 24 heavy (non-hydrogen) atoms. The maximum absolute atomic E-state index is 12.4. The Bertz CT molecular complexity index is 931. The molecule has 0 atom stereocenters. The number of amides is 1. The topological polar surface area (TPSA) is 66.5 Å². The van der Waals surface area contributed by atoms with Crippen molar-refractivity contribution in [1.29, 1.82) is 0 Å². The number of carbonyl (C=O) groups excluding carboxylic acids is 1. The second-order valence-corrected chi connectivity index (χ2v) is 7.64. The lowest BCUT2D eigenvalue weighted by atomic mass is 10.2. The molecule has 7 heteroatoms. The van der Waals surface area contributed by atoms with E-state index < -0.39 is 15.9 Å². The van der Waals surface area contributed by atoms with Crippen LogP contribution in [0.1, 0.15) is 15.9 Å². The van der Waals surface area contributed by atoms with Gasteiger partial charge in [-0.3, -0.25) is 4.79 Å². The van der Waals surface area contributed by atoms with Gasteiger partial charge >= 0.3 is 0 Å². The van der Waals surface area contributed by atoms with Gasteiger partial charge in [0.05, 0.1) is 5.02 Å². The van der Waals surface area contributed by atoms with Gasteiger partial charge in [0.1, 0.15) is 4.90 Å². The van der Waals surface area contributed by atoms with Crippen molar-refractivity contribution in [3.63, 3.8) is 0 Å². The van der Waals surface area contributed by atoms with Crippen LogP contribution in [-0.2, 0) is 10.0 Å². The smallest absolute Gasteiger partial charge is 0.255 e. The molecule has 0 aliphatic rings. The number of nitrogens with one attached hydrogen (secondary N) is 1. The number of rotatable bonds is 4. The van der Waals surface area contributed by atoms with Gasteiger partial charge in [-0.15, -0.1) is 6.42 Å². The van der Waals surface area contributed by atoms with Crippen LogP contribution in [0.4, 0.5) is 5.69 Å². The SMILES string of the molecule is C#Cc1cccc(NC(=O)c2ccc(Cl)c(S(=O)(=O)N(C)C)c2)c1. The van der Waals surface area contributed by atoms with E-state index in [1.165, 1.54) is 32.3 Å². The lowest BCUT2D eigenvalue weighted by molar-refractivity contribution is 0.102. The van der Waals surface area contributed by atoms with E-state index in [1.807, 2.05) is 0 Å². The zero-order chi connectivity index (χ0) is 17.9. The Morgan fingerprint density at radius 3 is 2.54 bits per heavy atom. The Kier molecular flexibility index (Phi) is 5.30. The largest absolute Gasteiger partial charge is 0.322 e. The lowest BCUT2D eigenvalue weighted by Gasteiger charge is -2.14. The zero-order valence-electron chi connectivity index (χ0n) is 13.1. The average molecular weight is 363 g/mol. The van der Waals surface area contributed by atoms with Crippen LogP contribution in [0.5, 0.6) is 0 Å². The highest BCUT2D eigenvalue weighted by Crippen LogP contribution is 2.25. The molecule has 2 aromatic carbocycles. The predicted molar refractivity (Wildman–Crippen MR) is 94.7 cm³/mol. The van der Waals surface area contributed by atoms with Crippen LogP contribution in [0.3, 0.4) is 0 Å². The molecule has 0 radical (unpaired) electrons. The average Bonchev–Trinajstić information content (AvgIpc) is 2.55. The molecule has 0 fully saturated rings. The summed E-state index contributed by atoms with van der Waals surface area (Å²) in [6.07, 6.45) is 5.32. The molecule has 1 amide bonds. The maximum Gasteiger partial charge on any atom is 0.255 e. The second-order valence-electron chi connectivity index (χ2n) is 5.11. The number of hydrogen-bond donors (Lipinski definition) is 1. The molecule has 0 aliphatic heterocycles. The number of sulfonamides is 1. The first kappa shape index (κ1) is 18.0. The van der Waals surface area contributed by atoms with E-state index in [0.717, 1.165) is 4.31 Å². The lowest BCUT2D eigenvalue weighted by Crippen LogP contribution is -2.23. The quantitative estimate of drug-likeness (QED) is 0.850. The summed E-state index contributed by atoms with van der Waals surface area (Å²) in [5.74, 6) is 2.01. The third kappa shape index (κ3) is 3.77. The molecule has 0 aromatic heterocycles. The summed E-state index contributed by atoms with van der Waals surface area (Å²) >= 11 is 5.97. The van der Waals surface area contributed by atoms with Crippen molar-refractivity contribution >= 4 is 33.2 Å². The first-order valence-corrected chi connectivity index (χ1v) is 8.67. The number of terminal acetylenes is 1. The predicted octanol–water partition coefficient (Wildman–Crippen LogP) is 2.82. The van der Waals surface area contributed by atoms with Crippen molar-refractivity contribution in [3.05, 3.63) is 58.6 Å². The fraction of sp³-hybridized carbons (Fsp3) is 0.118. The molecule has 1 N–H and O–H groups in total. The van der Waals surface area contributed by atoms with E-state index in [1.54, 1.807) is 24.3 Å². The van der Waals surface area contributed by atoms with Crippen molar-refractivity contribution in [2.24, 2.45) is 0 Å². The van der Waals surface area contributed by atoms with Crippen molar-refractivity contribution in [1.82, 2.24) is 4.31 Å².